The Morgan fingerprint density at radius 2 is 1.75 bits per heavy atom. The zero-order valence-corrected chi connectivity index (χ0v) is 10.7. The first-order valence-electron chi connectivity index (χ1n) is 5.33. The van der Waals surface area contributed by atoms with Crippen molar-refractivity contribution in [3.8, 4) is 0 Å². The molecule has 0 heterocycles. The van der Waals surface area contributed by atoms with Crippen LogP contribution < -0.4 is 10.5 Å². The molecule has 0 saturated carbocycles. The second kappa shape index (κ2) is 5.04. The van der Waals surface area contributed by atoms with Crippen LogP contribution in [0.25, 0.3) is 0 Å². The molecule has 0 radical (unpaired) electrons. The SMILES string of the molecule is Nc1c(F)ccc(NS(=O)(=O)c2cccc(F)c2)c1F. The van der Waals surface area contributed by atoms with Gasteiger partial charge in [-0.15, -0.1) is 0 Å². The van der Waals surface area contributed by atoms with Gasteiger partial charge in [-0.1, -0.05) is 6.07 Å². The van der Waals surface area contributed by atoms with E-state index in [9.17, 15) is 21.6 Å². The Morgan fingerprint density at radius 3 is 2.40 bits per heavy atom. The molecule has 2 aromatic carbocycles. The van der Waals surface area contributed by atoms with E-state index in [1.807, 2.05) is 4.72 Å². The average molecular weight is 302 g/mol. The maximum absolute atomic E-state index is 13.6. The Hall–Kier alpha value is -2.22. The van der Waals surface area contributed by atoms with Gasteiger partial charge in [-0.05, 0) is 30.3 Å². The summed E-state index contributed by atoms with van der Waals surface area (Å²) < 4.78 is 65.3. The van der Waals surface area contributed by atoms with Gasteiger partial charge < -0.3 is 5.73 Å². The van der Waals surface area contributed by atoms with Crippen LogP contribution in [0.3, 0.4) is 0 Å². The molecule has 0 spiro atoms. The van der Waals surface area contributed by atoms with Crippen molar-refractivity contribution in [1.29, 1.82) is 0 Å². The second-order valence-corrected chi connectivity index (χ2v) is 5.57. The van der Waals surface area contributed by atoms with Gasteiger partial charge in [-0.25, -0.2) is 21.6 Å². The fourth-order valence-corrected chi connectivity index (χ4v) is 2.58. The van der Waals surface area contributed by atoms with Crippen molar-refractivity contribution in [2.45, 2.75) is 4.90 Å². The summed E-state index contributed by atoms with van der Waals surface area (Å²) in [6.45, 7) is 0. The minimum Gasteiger partial charge on any atom is -0.394 e. The van der Waals surface area contributed by atoms with Crippen LogP contribution in [0.2, 0.25) is 0 Å². The molecule has 2 aromatic rings. The van der Waals surface area contributed by atoms with Crippen LogP contribution in [0.15, 0.2) is 41.3 Å². The molecule has 106 valence electrons. The maximum atomic E-state index is 13.6. The highest BCUT2D eigenvalue weighted by atomic mass is 32.2. The molecule has 0 unspecified atom stereocenters. The second-order valence-electron chi connectivity index (χ2n) is 3.89. The number of nitrogens with two attached hydrogens (primary N) is 1. The summed E-state index contributed by atoms with van der Waals surface area (Å²) in [7, 11) is -4.20. The highest BCUT2D eigenvalue weighted by Gasteiger charge is 2.19. The van der Waals surface area contributed by atoms with Gasteiger partial charge >= 0.3 is 0 Å². The summed E-state index contributed by atoms with van der Waals surface area (Å²) in [6.07, 6.45) is 0. The van der Waals surface area contributed by atoms with Gasteiger partial charge in [0.05, 0.1) is 10.6 Å². The van der Waals surface area contributed by atoms with Crippen molar-refractivity contribution in [2.75, 3.05) is 10.5 Å². The molecule has 8 heteroatoms. The number of nitrogens with one attached hydrogen (secondary N) is 1. The predicted molar refractivity (Wildman–Crippen MR) is 68.0 cm³/mol. The summed E-state index contributed by atoms with van der Waals surface area (Å²) >= 11 is 0. The fourth-order valence-electron chi connectivity index (χ4n) is 1.49. The molecular weight excluding hydrogens is 293 g/mol. The number of rotatable bonds is 3. The van der Waals surface area contributed by atoms with Crippen LogP contribution in [0, 0.1) is 17.5 Å². The Morgan fingerprint density at radius 1 is 1.05 bits per heavy atom. The molecule has 0 amide bonds. The number of nitrogen functional groups attached to an aromatic ring is 1. The lowest BCUT2D eigenvalue weighted by atomic mass is 10.2. The number of halogens is 3. The fraction of sp³-hybridized carbons (Fsp3) is 0. The molecule has 0 aliphatic rings. The Balaban J connectivity index is 2.41. The summed E-state index contributed by atoms with van der Waals surface area (Å²) in [5.74, 6) is -2.99. The number of hydrogen-bond acceptors (Lipinski definition) is 3. The standard InChI is InChI=1S/C12H9F3N2O2S/c13-7-2-1-3-8(6-7)20(18,19)17-10-5-4-9(14)12(16)11(10)15/h1-6,17H,16H2. The Bertz CT molecular complexity index is 763. The minimum atomic E-state index is -4.20. The molecule has 0 fully saturated rings. The molecule has 0 saturated heterocycles. The molecule has 4 nitrogen and oxygen atoms in total. The number of benzene rings is 2. The molecule has 20 heavy (non-hydrogen) atoms. The van der Waals surface area contributed by atoms with Crippen LogP contribution in [-0.2, 0) is 10.0 Å². The van der Waals surface area contributed by atoms with E-state index in [0.29, 0.717) is 0 Å². The molecule has 0 atom stereocenters. The lowest BCUT2D eigenvalue weighted by molar-refractivity contribution is 0.587. The molecule has 2 rings (SSSR count). The topological polar surface area (TPSA) is 72.2 Å². The lowest BCUT2D eigenvalue weighted by Crippen LogP contribution is -2.15. The van der Waals surface area contributed by atoms with Crippen molar-refractivity contribution in [3.05, 3.63) is 53.8 Å². The van der Waals surface area contributed by atoms with Gasteiger partial charge in [-0.2, -0.15) is 0 Å². The number of hydrogen-bond donors (Lipinski definition) is 2. The van der Waals surface area contributed by atoms with Crippen molar-refractivity contribution >= 4 is 21.4 Å². The third-order valence-corrected chi connectivity index (χ3v) is 3.84. The minimum absolute atomic E-state index is 0.389. The molecule has 0 aromatic heterocycles. The number of sulfonamides is 1. The molecule has 0 aliphatic heterocycles. The Labute approximate surface area is 113 Å². The van der Waals surface area contributed by atoms with E-state index in [4.69, 9.17) is 5.73 Å². The lowest BCUT2D eigenvalue weighted by Gasteiger charge is -2.10. The quantitative estimate of drug-likeness (QED) is 0.856. The van der Waals surface area contributed by atoms with E-state index in [0.717, 1.165) is 30.3 Å². The zero-order chi connectivity index (χ0) is 14.9. The third-order valence-electron chi connectivity index (χ3n) is 2.48. The largest absolute Gasteiger partial charge is 0.394 e. The zero-order valence-electron chi connectivity index (χ0n) is 9.90. The first kappa shape index (κ1) is 14.2. The predicted octanol–water partition coefficient (Wildman–Crippen LogP) is 2.49. The highest BCUT2D eigenvalue weighted by molar-refractivity contribution is 7.92. The summed E-state index contributed by atoms with van der Waals surface area (Å²) in [5.41, 5.74) is 3.80. The smallest absolute Gasteiger partial charge is 0.262 e. The third kappa shape index (κ3) is 2.69. The van der Waals surface area contributed by atoms with Crippen LogP contribution in [0.4, 0.5) is 24.5 Å². The van der Waals surface area contributed by atoms with Gasteiger partial charge in [-0.3, -0.25) is 4.72 Å². The highest BCUT2D eigenvalue weighted by Crippen LogP contribution is 2.25. The van der Waals surface area contributed by atoms with Gasteiger partial charge in [0.25, 0.3) is 10.0 Å². The van der Waals surface area contributed by atoms with E-state index in [2.05, 4.69) is 0 Å². The van der Waals surface area contributed by atoms with Crippen molar-refractivity contribution in [3.63, 3.8) is 0 Å². The van der Waals surface area contributed by atoms with Gasteiger partial charge in [0.2, 0.25) is 0 Å². The van der Waals surface area contributed by atoms with Crippen LogP contribution in [0.5, 0.6) is 0 Å². The van der Waals surface area contributed by atoms with E-state index in [1.54, 1.807) is 0 Å². The summed E-state index contributed by atoms with van der Waals surface area (Å²) in [5, 5.41) is 0. The van der Waals surface area contributed by atoms with Crippen LogP contribution >= 0.6 is 0 Å². The molecule has 0 bridgehead atoms. The molecule has 3 N–H and O–H groups in total. The van der Waals surface area contributed by atoms with Crippen molar-refractivity contribution in [1.82, 2.24) is 0 Å². The van der Waals surface area contributed by atoms with Gasteiger partial charge in [0.1, 0.15) is 17.3 Å². The van der Waals surface area contributed by atoms with E-state index in [1.165, 1.54) is 6.07 Å². The van der Waals surface area contributed by atoms with E-state index < -0.39 is 38.8 Å². The van der Waals surface area contributed by atoms with E-state index >= 15 is 0 Å². The Kier molecular flexibility index (Phi) is 3.58. The summed E-state index contributed by atoms with van der Waals surface area (Å²) in [6, 6.07) is 5.87. The van der Waals surface area contributed by atoms with Crippen molar-refractivity contribution in [2.24, 2.45) is 0 Å². The molecular formula is C12H9F3N2O2S. The number of anilines is 2. The molecule has 0 aliphatic carbocycles. The van der Waals surface area contributed by atoms with Crippen LogP contribution in [0.1, 0.15) is 0 Å². The van der Waals surface area contributed by atoms with Gasteiger partial charge in [0.15, 0.2) is 5.82 Å². The normalized spacial score (nSPS) is 11.3. The summed E-state index contributed by atoms with van der Waals surface area (Å²) in [4.78, 5) is -0.389. The monoisotopic (exact) mass is 302 g/mol. The first-order valence-corrected chi connectivity index (χ1v) is 6.81. The van der Waals surface area contributed by atoms with Crippen molar-refractivity contribution < 1.29 is 21.6 Å². The van der Waals surface area contributed by atoms with Crippen LogP contribution in [-0.4, -0.2) is 8.42 Å². The average Bonchev–Trinajstić information content (AvgIpc) is 2.39. The maximum Gasteiger partial charge on any atom is 0.262 e. The first-order chi connectivity index (χ1) is 9.31. The van der Waals surface area contributed by atoms with E-state index in [-0.39, 0.29) is 4.90 Å². The van der Waals surface area contributed by atoms with Gasteiger partial charge in [0, 0.05) is 0 Å².